The van der Waals surface area contributed by atoms with Crippen LogP contribution in [-0.4, -0.2) is 6.54 Å². The number of hydrogen-bond donors (Lipinski definition) is 0. The van der Waals surface area contributed by atoms with Gasteiger partial charge in [0.15, 0.2) is 0 Å². The van der Waals surface area contributed by atoms with E-state index in [-0.39, 0.29) is 6.04 Å². The molecule has 1 heterocycles. The summed E-state index contributed by atoms with van der Waals surface area (Å²) < 4.78 is 25.9. The van der Waals surface area contributed by atoms with Crippen molar-refractivity contribution in [3.8, 4) is 0 Å². The summed E-state index contributed by atoms with van der Waals surface area (Å²) in [6, 6.07) is 4.58. The monoisotopic (exact) mass is 423 g/mol. The van der Waals surface area contributed by atoms with Crippen LogP contribution in [0.4, 0.5) is 8.78 Å². The molecule has 0 aliphatic carbocycles. The molecule has 1 aromatic carbocycles. The van der Waals surface area contributed by atoms with E-state index < -0.39 is 11.6 Å². The van der Waals surface area contributed by atoms with Crippen LogP contribution in [0, 0.1) is 17.7 Å². The summed E-state index contributed by atoms with van der Waals surface area (Å²) >= 11 is 1.47. The maximum absolute atomic E-state index is 13.3. The van der Waals surface area contributed by atoms with Crippen LogP contribution in [0.25, 0.3) is 5.32 Å². The summed E-state index contributed by atoms with van der Waals surface area (Å²) in [5.41, 5.74) is 0.408. The Morgan fingerprint density at radius 3 is 2.69 bits per heavy atom. The molecule has 0 spiro atoms. The quantitative estimate of drug-likeness (QED) is 0.606. The third-order valence-electron chi connectivity index (χ3n) is 2.46. The van der Waals surface area contributed by atoms with Crippen LogP contribution in [0.15, 0.2) is 12.1 Å². The van der Waals surface area contributed by atoms with Gasteiger partial charge in [-0.3, -0.25) is 8.78 Å². The van der Waals surface area contributed by atoms with Gasteiger partial charge in [0.25, 0.3) is 0 Å². The van der Waals surface area contributed by atoms with Crippen LogP contribution in [0.3, 0.4) is 0 Å². The average molecular weight is 423 g/mol. The minimum atomic E-state index is -0.581. The summed E-state index contributed by atoms with van der Waals surface area (Å²) in [7, 11) is 4.64. The van der Waals surface area contributed by atoms with Crippen LogP contribution in [0.2, 0.25) is 0 Å². The van der Waals surface area contributed by atoms with Crippen molar-refractivity contribution in [2.24, 2.45) is 0 Å². The fourth-order valence-electron chi connectivity index (χ4n) is 1.74. The van der Waals surface area contributed by atoms with Crippen molar-refractivity contribution >= 4 is 9.58 Å². The summed E-state index contributed by atoms with van der Waals surface area (Å²) in [6.07, 6.45) is 2.97. The first-order valence-electron chi connectivity index (χ1n) is 4.93. The molecule has 1 aromatic rings. The molecule has 1 aliphatic rings. The van der Waals surface area contributed by atoms with Crippen molar-refractivity contribution < 1.29 is 26.7 Å². The van der Waals surface area contributed by atoms with E-state index in [0.29, 0.717) is 5.56 Å². The van der Waals surface area contributed by atoms with Crippen molar-refractivity contribution in [3.63, 3.8) is 0 Å². The molecule has 1 unspecified atom stereocenters. The van der Waals surface area contributed by atoms with Crippen molar-refractivity contribution in [1.29, 1.82) is 0 Å². The minimum absolute atomic E-state index is 0.121. The van der Waals surface area contributed by atoms with E-state index in [1.165, 1.54) is 24.0 Å². The van der Waals surface area contributed by atoms with Gasteiger partial charge in [0.05, 0.1) is 0 Å². The zero-order valence-corrected chi connectivity index (χ0v) is 11.6. The topological polar surface area (TPSA) is 14.1 Å². The van der Waals surface area contributed by atoms with Gasteiger partial charge >= 0.3 is 27.5 Å². The molecule has 1 saturated heterocycles. The van der Waals surface area contributed by atoms with Gasteiger partial charge in [0.1, 0.15) is 0 Å². The van der Waals surface area contributed by atoms with Gasteiger partial charge in [-0.2, -0.15) is 6.07 Å². The van der Waals surface area contributed by atoms with Gasteiger partial charge in [0, 0.05) is 11.6 Å². The predicted octanol–water partition coefficient (Wildman–Crippen LogP) is 4.05. The molecule has 90 valence electrons. The Hall–Kier alpha value is -0.0206. The third-order valence-corrected chi connectivity index (χ3v) is 2.46. The fourth-order valence-corrected chi connectivity index (χ4v) is 1.74. The molecule has 16 heavy (non-hydrogen) atoms. The average Bonchev–Trinajstić information content (AvgIpc) is 2.33. The van der Waals surface area contributed by atoms with Gasteiger partial charge < -0.3 is 5.32 Å². The van der Waals surface area contributed by atoms with E-state index in [0.717, 1.165) is 31.9 Å². The first-order chi connectivity index (χ1) is 7.77. The Balaban J connectivity index is 0.000000606. The number of hydrogen-bond acceptors (Lipinski definition) is 0. The molecular weight excluding hydrogens is 412 g/mol. The third kappa shape index (κ3) is 3.77. The zero-order valence-electron chi connectivity index (χ0n) is 8.47. The van der Waals surface area contributed by atoms with E-state index in [2.05, 4.69) is 21.0 Å². The van der Waals surface area contributed by atoms with E-state index in [1.807, 2.05) is 0 Å². The maximum atomic E-state index is 13.3. The summed E-state index contributed by atoms with van der Waals surface area (Å²) in [4.78, 5) is 0. The SMILES string of the molecule is Fc1c[c-]c(C2CCCC[N-]2)c(F)c1.[Cl][Ir+2]. The van der Waals surface area contributed by atoms with Gasteiger partial charge in [-0.1, -0.05) is 19.3 Å². The molecule has 2 rings (SSSR count). The molecule has 1 aliphatic heterocycles. The Labute approximate surface area is 109 Å². The molecule has 5 heteroatoms. The number of nitrogens with zero attached hydrogens (tertiary/aromatic N) is 1. The van der Waals surface area contributed by atoms with Crippen LogP contribution >= 0.6 is 9.58 Å². The predicted molar refractivity (Wildman–Crippen MR) is 55.9 cm³/mol. The van der Waals surface area contributed by atoms with Gasteiger partial charge in [0.2, 0.25) is 0 Å². The van der Waals surface area contributed by atoms with Gasteiger partial charge in [-0.15, -0.1) is 30.3 Å². The molecule has 0 saturated carbocycles. The molecule has 1 fully saturated rings. The van der Waals surface area contributed by atoms with E-state index >= 15 is 0 Å². The first-order valence-corrected chi connectivity index (χ1v) is 7.90. The summed E-state index contributed by atoms with van der Waals surface area (Å²) in [5, 5.41) is 4.30. The fraction of sp³-hybridized carbons (Fsp3) is 0.455. The van der Waals surface area contributed by atoms with E-state index in [4.69, 9.17) is 0 Å². The van der Waals surface area contributed by atoms with Gasteiger partial charge in [-0.25, -0.2) is 0 Å². The van der Waals surface area contributed by atoms with Crippen molar-refractivity contribution in [2.45, 2.75) is 25.3 Å². The Morgan fingerprint density at radius 2 is 2.12 bits per heavy atom. The van der Waals surface area contributed by atoms with Gasteiger partial charge in [-0.05, 0) is 0 Å². The van der Waals surface area contributed by atoms with Crippen molar-refractivity contribution in [2.75, 3.05) is 6.54 Å². The van der Waals surface area contributed by atoms with Crippen LogP contribution in [-0.2, 0) is 17.9 Å². The number of benzene rings is 1. The number of halogens is 3. The standard InChI is InChI=1S/C11H11F2N.ClH.Ir/c12-8-4-5-9(10(13)7-8)11-3-1-2-6-14-11;;/h4,7,11H,1-3,6H2;1H;/q-2;;+3/p-1. The molecular formula is C11H11ClF2IrN. The summed E-state index contributed by atoms with van der Waals surface area (Å²) in [6.45, 7) is 0.773. The number of rotatable bonds is 1. The van der Waals surface area contributed by atoms with Crippen LogP contribution in [0.1, 0.15) is 30.9 Å². The Bertz CT molecular complexity index is 330. The summed E-state index contributed by atoms with van der Waals surface area (Å²) in [5.74, 6) is -1.11. The van der Waals surface area contributed by atoms with E-state index in [1.54, 1.807) is 0 Å². The molecule has 0 amide bonds. The Morgan fingerprint density at radius 1 is 1.38 bits per heavy atom. The molecule has 1 nitrogen and oxygen atoms in total. The molecule has 0 bridgehead atoms. The molecule has 1 atom stereocenters. The molecule has 0 N–H and O–H groups in total. The van der Waals surface area contributed by atoms with Crippen LogP contribution < -0.4 is 0 Å². The second-order valence-corrected chi connectivity index (χ2v) is 3.50. The van der Waals surface area contributed by atoms with E-state index in [9.17, 15) is 8.78 Å². The zero-order chi connectivity index (χ0) is 12.0. The second-order valence-electron chi connectivity index (χ2n) is 3.50. The Kier molecular flexibility index (Phi) is 6.44. The second kappa shape index (κ2) is 7.33. The normalized spacial score (nSPS) is 19.9. The van der Waals surface area contributed by atoms with Crippen LogP contribution in [0.5, 0.6) is 0 Å². The number of piperidine rings is 1. The molecule has 0 aromatic heterocycles. The van der Waals surface area contributed by atoms with Crippen molar-refractivity contribution in [1.82, 2.24) is 0 Å². The van der Waals surface area contributed by atoms with Crippen molar-refractivity contribution in [3.05, 3.63) is 40.7 Å². The first kappa shape index (κ1) is 14.0. The molecule has 0 radical (unpaired) electrons.